The first-order valence-electron chi connectivity index (χ1n) is 6.66. The van der Waals surface area contributed by atoms with Crippen LogP contribution in [-0.4, -0.2) is 21.4 Å². The molecular weight excluding hydrogens is 272 g/mol. The van der Waals surface area contributed by atoms with Crippen molar-refractivity contribution in [3.63, 3.8) is 0 Å². The summed E-state index contributed by atoms with van der Waals surface area (Å²) in [6, 6.07) is 7.38. The Morgan fingerprint density at radius 2 is 2.10 bits per heavy atom. The van der Waals surface area contributed by atoms with E-state index in [0.29, 0.717) is 18.2 Å². The average Bonchev–Trinajstić information content (AvgIpc) is 2.48. The Morgan fingerprint density at radius 3 is 2.76 bits per heavy atom. The largest absolute Gasteiger partial charge is 0.433 e. The van der Waals surface area contributed by atoms with Crippen molar-refractivity contribution in [3.05, 3.63) is 46.1 Å². The van der Waals surface area contributed by atoms with Gasteiger partial charge in [-0.25, -0.2) is 4.98 Å². The van der Waals surface area contributed by atoms with E-state index in [9.17, 15) is 10.1 Å². The molecule has 0 saturated carbocycles. The maximum absolute atomic E-state index is 11.1. The predicted octanol–water partition coefficient (Wildman–Crippen LogP) is 3.17. The van der Waals surface area contributed by atoms with Gasteiger partial charge in [-0.2, -0.15) is 4.98 Å². The molecule has 0 aliphatic rings. The number of aryl methyl sites for hydroxylation is 1. The van der Waals surface area contributed by atoms with Crippen molar-refractivity contribution < 1.29 is 9.66 Å². The number of ether oxygens (including phenoxy) is 1. The van der Waals surface area contributed by atoms with Crippen LogP contribution in [0.5, 0.6) is 11.6 Å². The van der Waals surface area contributed by atoms with E-state index in [1.807, 2.05) is 32.0 Å². The summed E-state index contributed by atoms with van der Waals surface area (Å²) in [5, 5.41) is 14.0. The van der Waals surface area contributed by atoms with Crippen molar-refractivity contribution in [2.45, 2.75) is 20.3 Å². The summed E-state index contributed by atoms with van der Waals surface area (Å²) in [7, 11) is 0. The molecule has 0 unspecified atom stereocenters. The van der Waals surface area contributed by atoms with Gasteiger partial charge in [-0.15, -0.1) is 0 Å². The maximum Gasteiger partial charge on any atom is 0.349 e. The Hall–Kier alpha value is -2.70. The van der Waals surface area contributed by atoms with Gasteiger partial charge in [0.05, 0.1) is 4.92 Å². The van der Waals surface area contributed by atoms with Crippen molar-refractivity contribution in [2.75, 3.05) is 11.9 Å². The molecule has 0 aliphatic heterocycles. The molecule has 7 nitrogen and oxygen atoms in total. The molecule has 1 heterocycles. The molecule has 1 N–H and O–H groups in total. The van der Waals surface area contributed by atoms with Crippen LogP contribution < -0.4 is 10.1 Å². The Balaban J connectivity index is 2.40. The highest BCUT2D eigenvalue weighted by Gasteiger charge is 2.20. The number of hydrogen-bond donors (Lipinski definition) is 1. The summed E-state index contributed by atoms with van der Waals surface area (Å²) < 4.78 is 5.65. The fourth-order valence-corrected chi connectivity index (χ4v) is 1.80. The summed E-state index contributed by atoms with van der Waals surface area (Å²) in [5.74, 6) is 0.795. The maximum atomic E-state index is 11.1. The summed E-state index contributed by atoms with van der Waals surface area (Å²) in [6.45, 7) is 4.49. The summed E-state index contributed by atoms with van der Waals surface area (Å²) in [4.78, 5) is 18.5. The minimum absolute atomic E-state index is 0.0631. The van der Waals surface area contributed by atoms with E-state index >= 15 is 0 Å². The average molecular weight is 288 g/mol. The van der Waals surface area contributed by atoms with E-state index in [1.54, 1.807) is 6.07 Å². The number of nitrogens with zero attached hydrogens (tertiary/aromatic N) is 3. The molecule has 2 rings (SSSR count). The van der Waals surface area contributed by atoms with E-state index in [2.05, 4.69) is 15.3 Å². The third kappa shape index (κ3) is 3.44. The van der Waals surface area contributed by atoms with Crippen molar-refractivity contribution >= 4 is 11.6 Å². The van der Waals surface area contributed by atoms with Crippen LogP contribution in [0.2, 0.25) is 0 Å². The molecule has 21 heavy (non-hydrogen) atoms. The van der Waals surface area contributed by atoms with Gasteiger partial charge in [0.1, 0.15) is 11.9 Å². The minimum atomic E-state index is -0.556. The lowest BCUT2D eigenvalue weighted by atomic mass is 10.1. The molecule has 1 aromatic carbocycles. The number of aromatic nitrogens is 2. The van der Waals surface area contributed by atoms with Gasteiger partial charge >= 0.3 is 11.6 Å². The summed E-state index contributed by atoms with van der Waals surface area (Å²) >= 11 is 0. The van der Waals surface area contributed by atoms with Gasteiger partial charge in [0.2, 0.25) is 5.95 Å². The van der Waals surface area contributed by atoms with E-state index in [-0.39, 0.29) is 11.6 Å². The van der Waals surface area contributed by atoms with Gasteiger partial charge in [-0.3, -0.25) is 10.1 Å². The highest BCUT2D eigenvalue weighted by Crippen LogP contribution is 2.31. The zero-order valence-electron chi connectivity index (χ0n) is 11.9. The zero-order chi connectivity index (χ0) is 15.2. The number of rotatable bonds is 6. The number of para-hydroxylation sites is 1. The standard InChI is InChI=1S/C14H16N4O3/c1-3-10-7-5-6-8-12(10)21-13-11(18(19)20)9-16-14(17-13)15-4-2/h5-9H,3-4H2,1-2H3,(H,15,16,17). The number of nitro groups is 1. The Bertz CT molecular complexity index is 646. The van der Waals surface area contributed by atoms with Crippen LogP contribution in [0.4, 0.5) is 11.6 Å². The predicted molar refractivity (Wildman–Crippen MR) is 78.7 cm³/mol. The molecule has 0 saturated heterocycles. The quantitative estimate of drug-likeness (QED) is 0.648. The second-order valence-corrected chi connectivity index (χ2v) is 4.23. The van der Waals surface area contributed by atoms with Crippen molar-refractivity contribution in [1.29, 1.82) is 0 Å². The third-order valence-corrected chi connectivity index (χ3v) is 2.83. The smallest absolute Gasteiger partial charge is 0.349 e. The fourth-order valence-electron chi connectivity index (χ4n) is 1.80. The first-order valence-corrected chi connectivity index (χ1v) is 6.66. The Kier molecular flexibility index (Phi) is 4.65. The summed E-state index contributed by atoms with van der Waals surface area (Å²) in [6.07, 6.45) is 1.91. The molecule has 0 radical (unpaired) electrons. The van der Waals surface area contributed by atoms with Gasteiger partial charge in [-0.05, 0) is 25.0 Å². The second-order valence-electron chi connectivity index (χ2n) is 4.23. The lowest BCUT2D eigenvalue weighted by Gasteiger charge is -2.10. The third-order valence-electron chi connectivity index (χ3n) is 2.83. The molecule has 110 valence electrons. The van der Waals surface area contributed by atoms with Gasteiger partial charge in [0, 0.05) is 6.54 Å². The van der Waals surface area contributed by atoms with Crippen LogP contribution in [0.3, 0.4) is 0 Å². The molecule has 0 amide bonds. The number of benzene rings is 1. The van der Waals surface area contributed by atoms with Crippen LogP contribution >= 0.6 is 0 Å². The zero-order valence-corrected chi connectivity index (χ0v) is 11.9. The lowest BCUT2D eigenvalue weighted by molar-refractivity contribution is -0.386. The second kappa shape index (κ2) is 6.65. The highest BCUT2D eigenvalue weighted by atomic mass is 16.6. The van der Waals surface area contributed by atoms with Crippen molar-refractivity contribution in [2.24, 2.45) is 0 Å². The van der Waals surface area contributed by atoms with Gasteiger partial charge < -0.3 is 10.1 Å². The molecule has 1 aromatic heterocycles. The van der Waals surface area contributed by atoms with E-state index in [1.165, 1.54) is 0 Å². The monoisotopic (exact) mass is 288 g/mol. The van der Waals surface area contributed by atoms with Crippen LogP contribution in [0.15, 0.2) is 30.5 Å². The van der Waals surface area contributed by atoms with Crippen molar-refractivity contribution in [1.82, 2.24) is 9.97 Å². The molecule has 0 aliphatic carbocycles. The number of anilines is 1. The number of nitrogens with one attached hydrogen (secondary N) is 1. The van der Waals surface area contributed by atoms with Crippen LogP contribution in [0.1, 0.15) is 19.4 Å². The fraction of sp³-hybridized carbons (Fsp3) is 0.286. The van der Waals surface area contributed by atoms with E-state index in [0.717, 1.165) is 18.2 Å². The molecule has 2 aromatic rings. The minimum Gasteiger partial charge on any atom is -0.433 e. The van der Waals surface area contributed by atoms with Gasteiger partial charge in [0.25, 0.3) is 0 Å². The van der Waals surface area contributed by atoms with Gasteiger partial charge in [-0.1, -0.05) is 25.1 Å². The van der Waals surface area contributed by atoms with Crippen LogP contribution in [0.25, 0.3) is 0 Å². The Labute approximate surface area is 122 Å². The normalized spacial score (nSPS) is 10.2. The topological polar surface area (TPSA) is 90.2 Å². The molecular formula is C14H16N4O3. The SMILES string of the molecule is CCNc1ncc([N+](=O)[O-])c(Oc2ccccc2CC)n1. The first-order chi connectivity index (χ1) is 10.2. The number of hydrogen-bond acceptors (Lipinski definition) is 6. The van der Waals surface area contributed by atoms with E-state index < -0.39 is 4.92 Å². The Morgan fingerprint density at radius 1 is 1.33 bits per heavy atom. The molecule has 0 atom stereocenters. The molecule has 0 bridgehead atoms. The van der Waals surface area contributed by atoms with Crippen LogP contribution in [-0.2, 0) is 6.42 Å². The van der Waals surface area contributed by atoms with Gasteiger partial charge in [0.15, 0.2) is 0 Å². The van der Waals surface area contributed by atoms with Crippen molar-refractivity contribution in [3.8, 4) is 11.6 Å². The van der Waals surface area contributed by atoms with E-state index in [4.69, 9.17) is 4.74 Å². The summed E-state index contributed by atoms with van der Waals surface area (Å²) in [5.41, 5.74) is 0.693. The molecule has 0 fully saturated rings. The lowest BCUT2D eigenvalue weighted by Crippen LogP contribution is -2.05. The first kappa shape index (κ1) is 14.7. The van der Waals surface area contributed by atoms with Crippen LogP contribution in [0, 0.1) is 10.1 Å². The molecule has 7 heteroatoms. The molecule has 0 spiro atoms. The highest BCUT2D eigenvalue weighted by molar-refractivity contribution is 5.46.